The molecule has 0 saturated heterocycles. The lowest BCUT2D eigenvalue weighted by atomic mass is 9.84. The lowest BCUT2D eigenvalue weighted by molar-refractivity contribution is -0.0189. The van der Waals surface area contributed by atoms with Crippen LogP contribution in [0.3, 0.4) is 0 Å². The molecular formula is C27H35N5O5S. The second-order valence-electron chi connectivity index (χ2n) is 11.1. The molecule has 0 fully saturated rings. The first-order valence-corrected chi connectivity index (χ1v) is 14.5. The molecule has 3 aromatic heterocycles. The average molecular weight is 542 g/mol. The molecule has 4 heterocycles. The zero-order valence-electron chi connectivity index (χ0n) is 22.8. The standard InChI is InChI=1S/C27H35N5O5S/c1-15(10-11-38(7,34)35)36-24-19-13-29-22(12-18(19)20(14-30-24)26(3,4)28)31-21-9-8-17-23(32-21)16(2)27(5,6)37-25(17)33/h8-9,12-16H,10-11,28H2,1-7H3,(H,29,31,32)/t15-,16-/m1/s1. The summed E-state index contributed by atoms with van der Waals surface area (Å²) in [6, 6.07) is 5.29. The van der Waals surface area contributed by atoms with Crippen molar-refractivity contribution in [1.29, 1.82) is 0 Å². The molecule has 3 aromatic rings. The number of aromatic nitrogens is 3. The van der Waals surface area contributed by atoms with Crippen molar-refractivity contribution in [3.63, 3.8) is 0 Å². The summed E-state index contributed by atoms with van der Waals surface area (Å²) in [5, 5.41) is 4.70. The largest absolute Gasteiger partial charge is 0.474 e. The molecule has 1 aliphatic rings. The lowest BCUT2D eigenvalue weighted by Crippen LogP contribution is -2.39. The van der Waals surface area contributed by atoms with Gasteiger partial charge in [0.05, 0.1) is 28.5 Å². The van der Waals surface area contributed by atoms with E-state index in [0.717, 1.165) is 10.9 Å². The number of hydrogen-bond donors (Lipinski definition) is 2. The van der Waals surface area contributed by atoms with Crippen LogP contribution >= 0.6 is 0 Å². The van der Waals surface area contributed by atoms with Crippen molar-refractivity contribution in [3.8, 4) is 5.88 Å². The normalized spacial score (nSPS) is 18.0. The number of ether oxygens (including phenoxy) is 2. The molecule has 0 bridgehead atoms. The molecular weight excluding hydrogens is 506 g/mol. The summed E-state index contributed by atoms with van der Waals surface area (Å²) in [5.41, 5.74) is 7.02. The summed E-state index contributed by atoms with van der Waals surface area (Å²) >= 11 is 0. The first-order chi connectivity index (χ1) is 17.5. The van der Waals surface area contributed by atoms with Crippen LogP contribution in [-0.4, -0.2) is 53.1 Å². The molecule has 0 unspecified atom stereocenters. The zero-order chi connectivity index (χ0) is 28.0. The van der Waals surface area contributed by atoms with Gasteiger partial charge in [0, 0.05) is 30.1 Å². The van der Waals surface area contributed by atoms with E-state index in [2.05, 4.69) is 15.3 Å². The molecule has 38 heavy (non-hydrogen) atoms. The second kappa shape index (κ2) is 9.77. The minimum Gasteiger partial charge on any atom is -0.474 e. The van der Waals surface area contributed by atoms with E-state index in [0.29, 0.717) is 40.6 Å². The van der Waals surface area contributed by atoms with Gasteiger partial charge in [-0.3, -0.25) is 0 Å². The van der Waals surface area contributed by atoms with Crippen molar-refractivity contribution in [1.82, 2.24) is 15.0 Å². The molecule has 2 atom stereocenters. The molecule has 1 aliphatic heterocycles. The van der Waals surface area contributed by atoms with E-state index >= 15 is 0 Å². The Morgan fingerprint density at radius 1 is 1.18 bits per heavy atom. The van der Waals surface area contributed by atoms with Gasteiger partial charge in [0.25, 0.3) is 0 Å². The lowest BCUT2D eigenvalue weighted by Gasteiger charge is -2.36. The Balaban J connectivity index is 1.69. The number of carbonyl (C=O) groups is 1. The Hall–Kier alpha value is -3.31. The van der Waals surface area contributed by atoms with E-state index in [4.69, 9.17) is 20.2 Å². The molecule has 0 amide bonds. The van der Waals surface area contributed by atoms with Crippen LogP contribution in [0, 0.1) is 0 Å². The fourth-order valence-electron chi connectivity index (χ4n) is 4.31. The van der Waals surface area contributed by atoms with Gasteiger partial charge in [0.2, 0.25) is 5.88 Å². The molecule has 11 heteroatoms. The monoisotopic (exact) mass is 541 g/mol. The van der Waals surface area contributed by atoms with Crippen LogP contribution in [0.4, 0.5) is 11.6 Å². The summed E-state index contributed by atoms with van der Waals surface area (Å²) < 4.78 is 34.7. The van der Waals surface area contributed by atoms with E-state index in [1.54, 1.807) is 24.5 Å². The third kappa shape index (κ3) is 5.88. The Morgan fingerprint density at radius 2 is 1.89 bits per heavy atom. The molecule has 0 aliphatic carbocycles. The fourth-order valence-corrected chi connectivity index (χ4v) is 5.07. The summed E-state index contributed by atoms with van der Waals surface area (Å²) in [6.07, 6.45) is 4.50. The number of carbonyl (C=O) groups excluding carboxylic acids is 1. The van der Waals surface area contributed by atoms with Crippen LogP contribution in [0.15, 0.2) is 30.6 Å². The van der Waals surface area contributed by atoms with Crippen molar-refractivity contribution in [2.75, 3.05) is 17.3 Å². The number of sulfone groups is 1. The van der Waals surface area contributed by atoms with Gasteiger partial charge >= 0.3 is 5.97 Å². The molecule has 4 rings (SSSR count). The van der Waals surface area contributed by atoms with E-state index in [9.17, 15) is 13.2 Å². The Morgan fingerprint density at radius 3 is 2.55 bits per heavy atom. The number of cyclic esters (lactones) is 1. The van der Waals surface area contributed by atoms with Crippen LogP contribution in [0.25, 0.3) is 10.8 Å². The van der Waals surface area contributed by atoms with Crippen molar-refractivity contribution < 1.29 is 22.7 Å². The van der Waals surface area contributed by atoms with E-state index in [1.807, 2.05) is 47.6 Å². The van der Waals surface area contributed by atoms with Crippen LogP contribution in [0.1, 0.15) is 75.5 Å². The second-order valence-corrected chi connectivity index (χ2v) is 13.4. The predicted molar refractivity (Wildman–Crippen MR) is 147 cm³/mol. The van der Waals surface area contributed by atoms with Gasteiger partial charge < -0.3 is 20.5 Å². The molecule has 10 nitrogen and oxygen atoms in total. The number of hydrogen-bond acceptors (Lipinski definition) is 10. The highest BCUT2D eigenvalue weighted by atomic mass is 32.2. The number of fused-ring (bicyclic) bond motifs is 2. The highest BCUT2D eigenvalue weighted by Crippen LogP contribution is 2.38. The molecule has 204 valence electrons. The van der Waals surface area contributed by atoms with Gasteiger partial charge in [-0.1, -0.05) is 6.92 Å². The van der Waals surface area contributed by atoms with Crippen molar-refractivity contribution in [2.45, 2.75) is 71.1 Å². The summed E-state index contributed by atoms with van der Waals surface area (Å²) in [5.74, 6) is 0.973. The van der Waals surface area contributed by atoms with Crippen molar-refractivity contribution in [2.24, 2.45) is 5.73 Å². The van der Waals surface area contributed by atoms with Crippen LogP contribution in [0.5, 0.6) is 5.88 Å². The van der Waals surface area contributed by atoms with E-state index < -0.39 is 21.0 Å². The maximum atomic E-state index is 12.4. The SMILES string of the molecule is C[C@H](CCS(C)(=O)=O)Oc1ncc(C(C)(C)N)c2cc(Nc3ccc4c(n3)[C@@H](C)C(C)(C)OC4=O)ncc12. The number of pyridine rings is 3. The Labute approximate surface area is 223 Å². The van der Waals surface area contributed by atoms with Crippen molar-refractivity contribution in [3.05, 3.63) is 47.4 Å². The van der Waals surface area contributed by atoms with Gasteiger partial charge in [-0.2, -0.15) is 0 Å². The first-order valence-electron chi connectivity index (χ1n) is 12.5. The number of nitrogens with zero attached hydrogens (tertiary/aromatic N) is 3. The van der Waals surface area contributed by atoms with Crippen LogP contribution < -0.4 is 15.8 Å². The van der Waals surface area contributed by atoms with Gasteiger partial charge in [-0.25, -0.2) is 28.2 Å². The minimum absolute atomic E-state index is 0.0215. The quantitative estimate of drug-likeness (QED) is 0.397. The summed E-state index contributed by atoms with van der Waals surface area (Å²) in [7, 11) is -3.10. The number of nitrogens with two attached hydrogens (primary N) is 1. The minimum atomic E-state index is -3.10. The summed E-state index contributed by atoms with van der Waals surface area (Å²) in [4.78, 5) is 26.2. The maximum absolute atomic E-state index is 12.4. The maximum Gasteiger partial charge on any atom is 0.340 e. The highest BCUT2D eigenvalue weighted by Gasteiger charge is 2.40. The zero-order valence-corrected chi connectivity index (χ0v) is 23.6. The average Bonchev–Trinajstić information content (AvgIpc) is 2.80. The number of anilines is 2. The molecule has 0 spiro atoms. The van der Waals surface area contributed by atoms with Gasteiger partial charge in [0.1, 0.15) is 27.1 Å². The van der Waals surface area contributed by atoms with Gasteiger partial charge in [-0.05, 0) is 70.2 Å². The first kappa shape index (κ1) is 27.7. The van der Waals surface area contributed by atoms with E-state index in [1.165, 1.54) is 6.26 Å². The Bertz CT molecular complexity index is 1500. The third-order valence-corrected chi connectivity index (χ3v) is 7.82. The number of rotatable bonds is 8. The number of esters is 1. The fraction of sp³-hybridized carbons (Fsp3) is 0.481. The van der Waals surface area contributed by atoms with Crippen LogP contribution in [-0.2, 0) is 20.1 Å². The van der Waals surface area contributed by atoms with Crippen molar-refractivity contribution >= 4 is 38.2 Å². The topological polar surface area (TPSA) is 146 Å². The van der Waals surface area contributed by atoms with E-state index in [-0.39, 0.29) is 23.7 Å². The molecule has 0 radical (unpaired) electrons. The molecule has 3 N–H and O–H groups in total. The smallest absolute Gasteiger partial charge is 0.340 e. The van der Waals surface area contributed by atoms with Gasteiger partial charge in [0.15, 0.2) is 0 Å². The predicted octanol–water partition coefficient (Wildman–Crippen LogP) is 4.22. The Kier molecular flexibility index (Phi) is 7.13. The van der Waals surface area contributed by atoms with Gasteiger partial charge in [-0.15, -0.1) is 0 Å². The highest BCUT2D eigenvalue weighted by molar-refractivity contribution is 7.90. The summed E-state index contributed by atoms with van der Waals surface area (Å²) in [6.45, 7) is 11.3. The third-order valence-electron chi connectivity index (χ3n) is 6.85. The van der Waals surface area contributed by atoms with Crippen LogP contribution in [0.2, 0.25) is 0 Å². The number of nitrogens with one attached hydrogen (secondary N) is 1. The molecule has 0 aromatic carbocycles. The molecule has 0 saturated carbocycles.